The molecule has 0 spiro atoms. The zero-order valence-corrected chi connectivity index (χ0v) is 19.4. The van der Waals surface area contributed by atoms with Gasteiger partial charge in [0.2, 0.25) is 0 Å². The van der Waals surface area contributed by atoms with E-state index in [1.165, 1.54) is 12.1 Å². The molecule has 1 aliphatic heterocycles. The summed E-state index contributed by atoms with van der Waals surface area (Å²) < 4.78 is 25.2. The molecule has 4 rings (SSSR count). The van der Waals surface area contributed by atoms with Gasteiger partial charge in [0.1, 0.15) is 5.82 Å². The number of fused-ring (bicyclic) bond motifs is 1. The Balaban J connectivity index is 1.93. The van der Waals surface area contributed by atoms with Gasteiger partial charge in [-0.2, -0.15) is 0 Å². The van der Waals surface area contributed by atoms with Gasteiger partial charge in [-0.25, -0.2) is 9.18 Å². The highest BCUT2D eigenvalue weighted by atomic mass is 79.9. The number of hydrogen-bond acceptors (Lipinski definition) is 4. The fourth-order valence-electron chi connectivity index (χ4n) is 4.55. The van der Waals surface area contributed by atoms with E-state index in [0.717, 1.165) is 16.7 Å². The van der Waals surface area contributed by atoms with E-state index in [2.05, 4.69) is 28.2 Å². The maximum Gasteiger partial charge on any atom is 0.337 e. The van der Waals surface area contributed by atoms with E-state index in [-0.39, 0.29) is 29.3 Å². The predicted molar refractivity (Wildman–Crippen MR) is 124 cm³/mol. The van der Waals surface area contributed by atoms with Crippen molar-refractivity contribution in [3.8, 4) is 11.5 Å². The maximum absolute atomic E-state index is 13.6. The van der Waals surface area contributed by atoms with Gasteiger partial charge in [0.15, 0.2) is 11.5 Å². The number of methoxy groups -OCH3 is 2. The topological polar surface area (TPSA) is 67.8 Å². The van der Waals surface area contributed by atoms with Crippen molar-refractivity contribution in [2.24, 2.45) is 5.92 Å². The van der Waals surface area contributed by atoms with Crippen molar-refractivity contribution < 1.29 is 23.8 Å². The Morgan fingerprint density at radius 3 is 2.28 bits per heavy atom. The summed E-state index contributed by atoms with van der Waals surface area (Å²) in [7, 11) is 3.17. The van der Waals surface area contributed by atoms with Crippen LogP contribution >= 0.6 is 15.9 Å². The molecule has 0 fully saturated rings. The lowest BCUT2D eigenvalue weighted by molar-refractivity contribution is 0.0697. The first-order valence-corrected chi connectivity index (χ1v) is 10.9. The summed E-state index contributed by atoms with van der Waals surface area (Å²) in [5, 5.41) is 13.3. The van der Waals surface area contributed by atoms with E-state index in [1.807, 2.05) is 24.3 Å². The molecule has 0 amide bonds. The molecule has 0 saturated carbocycles. The first-order chi connectivity index (χ1) is 15.3. The molecule has 0 radical (unpaired) electrons. The second-order valence-corrected chi connectivity index (χ2v) is 8.76. The van der Waals surface area contributed by atoms with Crippen molar-refractivity contribution in [2.75, 3.05) is 19.5 Å². The number of benzene rings is 3. The zero-order valence-electron chi connectivity index (χ0n) is 17.9. The highest BCUT2D eigenvalue weighted by Crippen LogP contribution is 2.50. The van der Waals surface area contributed by atoms with Crippen LogP contribution in [0, 0.1) is 11.7 Å². The Bertz CT molecular complexity index is 1170. The van der Waals surface area contributed by atoms with Crippen LogP contribution < -0.4 is 14.8 Å². The van der Waals surface area contributed by atoms with Gasteiger partial charge >= 0.3 is 5.97 Å². The van der Waals surface area contributed by atoms with Crippen LogP contribution in [0.4, 0.5) is 10.1 Å². The molecule has 3 aromatic carbocycles. The Morgan fingerprint density at radius 1 is 1.00 bits per heavy atom. The van der Waals surface area contributed by atoms with Crippen LogP contribution in [0.15, 0.2) is 59.1 Å². The molecule has 166 valence electrons. The molecule has 1 heterocycles. The number of rotatable bonds is 5. The van der Waals surface area contributed by atoms with Gasteiger partial charge in [-0.15, -0.1) is 0 Å². The second kappa shape index (κ2) is 8.82. The van der Waals surface area contributed by atoms with Gasteiger partial charge in [-0.3, -0.25) is 0 Å². The fourth-order valence-corrected chi connectivity index (χ4v) is 5.03. The number of carbonyl (C=O) groups is 1. The molecule has 0 saturated heterocycles. The number of nitrogens with one attached hydrogen (secondary N) is 1. The molecule has 0 aliphatic carbocycles. The van der Waals surface area contributed by atoms with E-state index >= 15 is 0 Å². The number of carboxylic acid groups (broad SMARTS) is 1. The Kier molecular flexibility index (Phi) is 6.11. The lowest BCUT2D eigenvalue weighted by Gasteiger charge is -2.40. The van der Waals surface area contributed by atoms with Crippen LogP contribution in [0.1, 0.15) is 45.9 Å². The quantitative estimate of drug-likeness (QED) is 0.434. The van der Waals surface area contributed by atoms with Crippen molar-refractivity contribution in [3.63, 3.8) is 0 Å². The zero-order chi connectivity index (χ0) is 23.0. The molecule has 0 aromatic heterocycles. The molecule has 3 atom stereocenters. The minimum absolute atomic E-state index is 0.0157. The Morgan fingerprint density at radius 2 is 1.66 bits per heavy atom. The number of hydrogen-bond donors (Lipinski definition) is 2. The molecule has 7 heteroatoms. The SMILES string of the molecule is COc1ccc(C2c3cc(Br)cc(C(=O)O)c3NC(c3ccc(F)cc3)C2C)cc1OC. The molecule has 5 nitrogen and oxygen atoms in total. The van der Waals surface area contributed by atoms with Crippen molar-refractivity contribution in [3.05, 3.63) is 87.1 Å². The molecule has 0 bridgehead atoms. The molecule has 3 aromatic rings. The lowest BCUT2D eigenvalue weighted by Crippen LogP contribution is -2.32. The van der Waals surface area contributed by atoms with Gasteiger partial charge in [-0.1, -0.05) is 41.1 Å². The highest BCUT2D eigenvalue weighted by Gasteiger charge is 2.38. The summed E-state index contributed by atoms with van der Waals surface area (Å²) in [6, 6.07) is 15.4. The molecule has 32 heavy (non-hydrogen) atoms. The van der Waals surface area contributed by atoms with E-state index < -0.39 is 5.97 Å². The number of ether oxygens (including phenoxy) is 2. The van der Waals surface area contributed by atoms with Crippen LogP contribution in [0.5, 0.6) is 11.5 Å². The number of aromatic carboxylic acids is 1. The third kappa shape index (κ3) is 3.93. The van der Waals surface area contributed by atoms with Gasteiger partial charge in [-0.05, 0) is 59.0 Å². The van der Waals surface area contributed by atoms with Crippen LogP contribution in [-0.2, 0) is 0 Å². The van der Waals surface area contributed by atoms with Crippen LogP contribution in [0.2, 0.25) is 0 Å². The number of carboxylic acids is 1. The minimum Gasteiger partial charge on any atom is -0.493 e. The van der Waals surface area contributed by atoms with Gasteiger partial charge in [0.25, 0.3) is 0 Å². The predicted octanol–water partition coefficient (Wildman–Crippen LogP) is 6.24. The van der Waals surface area contributed by atoms with Crippen molar-refractivity contribution in [2.45, 2.75) is 18.9 Å². The summed E-state index contributed by atoms with van der Waals surface area (Å²) >= 11 is 3.47. The number of halogens is 2. The van der Waals surface area contributed by atoms with Gasteiger partial charge in [0.05, 0.1) is 31.5 Å². The largest absolute Gasteiger partial charge is 0.493 e. The van der Waals surface area contributed by atoms with Crippen LogP contribution in [0.25, 0.3) is 0 Å². The first-order valence-electron chi connectivity index (χ1n) is 10.1. The van der Waals surface area contributed by atoms with Crippen molar-refractivity contribution in [1.82, 2.24) is 0 Å². The van der Waals surface area contributed by atoms with E-state index in [9.17, 15) is 14.3 Å². The van der Waals surface area contributed by atoms with Crippen molar-refractivity contribution >= 4 is 27.6 Å². The maximum atomic E-state index is 13.6. The Hall–Kier alpha value is -3.06. The second-order valence-electron chi connectivity index (χ2n) is 7.85. The normalized spacial score (nSPS) is 19.6. The molecule has 3 unspecified atom stereocenters. The molecular formula is C25H23BrFNO4. The van der Waals surface area contributed by atoms with E-state index in [0.29, 0.717) is 21.7 Å². The standard InChI is InChI=1S/C25H23BrFNO4/c1-13-22(15-6-9-20(31-2)21(10-15)32-3)18-11-16(26)12-19(25(29)30)24(18)28-23(13)14-4-7-17(27)8-5-14/h4-13,22-23,28H,1-3H3,(H,29,30). The van der Waals surface area contributed by atoms with E-state index in [4.69, 9.17) is 9.47 Å². The third-order valence-electron chi connectivity index (χ3n) is 6.05. The molecule has 2 N–H and O–H groups in total. The average Bonchev–Trinajstić information content (AvgIpc) is 2.78. The summed E-state index contributed by atoms with van der Waals surface area (Å²) in [6.45, 7) is 2.10. The van der Waals surface area contributed by atoms with Crippen molar-refractivity contribution in [1.29, 1.82) is 0 Å². The van der Waals surface area contributed by atoms with Gasteiger partial charge < -0.3 is 19.9 Å². The third-order valence-corrected chi connectivity index (χ3v) is 6.50. The van der Waals surface area contributed by atoms with Crippen LogP contribution in [-0.4, -0.2) is 25.3 Å². The van der Waals surface area contributed by atoms with Gasteiger partial charge in [0, 0.05) is 10.4 Å². The number of anilines is 1. The smallest absolute Gasteiger partial charge is 0.337 e. The van der Waals surface area contributed by atoms with E-state index in [1.54, 1.807) is 32.4 Å². The monoisotopic (exact) mass is 499 g/mol. The highest BCUT2D eigenvalue weighted by molar-refractivity contribution is 9.10. The van der Waals surface area contributed by atoms with Crippen LogP contribution in [0.3, 0.4) is 0 Å². The minimum atomic E-state index is -1.02. The summed E-state index contributed by atoms with van der Waals surface area (Å²) in [5.74, 6) is -0.242. The first kappa shape index (κ1) is 22.1. The summed E-state index contributed by atoms with van der Waals surface area (Å²) in [5.41, 5.74) is 3.47. The average molecular weight is 500 g/mol. The fraction of sp³-hybridized carbons (Fsp3) is 0.240. The molecular weight excluding hydrogens is 477 g/mol. The summed E-state index contributed by atoms with van der Waals surface area (Å²) in [4.78, 5) is 12.1. The summed E-state index contributed by atoms with van der Waals surface area (Å²) in [6.07, 6.45) is 0. The Labute approximate surface area is 194 Å². The molecule has 1 aliphatic rings. The lowest BCUT2D eigenvalue weighted by atomic mass is 9.72.